The molecule has 0 unspecified atom stereocenters. The summed E-state index contributed by atoms with van der Waals surface area (Å²) in [6.45, 7) is 7.02. The highest BCUT2D eigenvalue weighted by Gasteiger charge is 2.29. The van der Waals surface area contributed by atoms with E-state index >= 15 is 0 Å². The Morgan fingerprint density at radius 1 is 0.794 bits per heavy atom. The van der Waals surface area contributed by atoms with E-state index in [0.29, 0.717) is 32.4 Å². The lowest BCUT2D eigenvalue weighted by Gasteiger charge is -2.31. The molecular weight excluding hydrogens is 420 g/mol. The lowest BCUT2D eigenvalue weighted by molar-refractivity contribution is -0.141. The van der Waals surface area contributed by atoms with Gasteiger partial charge < -0.3 is 10.2 Å². The van der Waals surface area contributed by atoms with Crippen LogP contribution in [0.4, 0.5) is 0 Å². The molecule has 4 nitrogen and oxygen atoms in total. The smallest absolute Gasteiger partial charge is 0.243 e. The fourth-order valence-electron chi connectivity index (χ4n) is 4.07. The molecule has 0 heterocycles. The Morgan fingerprint density at radius 2 is 1.41 bits per heavy atom. The third-order valence-corrected chi connectivity index (χ3v) is 6.15. The maximum atomic E-state index is 13.6. The summed E-state index contributed by atoms with van der Waals surface area (Å²) in [6.07, 6.45) is 2.50. The van der Waals surface area contributed by atoms with Crippen LogP contribution in [0.1, 0.15) is 48.1 Å². The van der Waals surface area contributed by atoms with Gasteiger partial charge in [0.15, 0.2) is 0 Å². The zero-order valence-corrected chi connectivity index (χ0v) is 20.6. The van der Waals surface area contributed by atoms with Gasteiger partial charge >= 0.3 is 0 Å². The molecule has 178 valence electrons. The molecule has 0 spiro atoms. The lowest BCUT2D eigenvalue weighted by atomic mass is 10.0. The molecule has 0 radical (unpaired) electrons. The third kappa shape index (κ3) is 7.31. The Bertz CT molecular complexity index is 1040. The first kappa shape index (κ1) is 25.2. The van der Waals surface area contributed by atoms with Gasteiger partial charge in [-0.05, 0) is 48.9 Å². The first-order chi connectivity index (χ1) is 16.5. The van der Waals surface area contributed by atoms with Gasteiger partial charge in [-0.1, -0.05) is 91.3 Å². The van der Waals surface area contributed by atoms with Crippen LogP contribution in [-0.4, -0.2) is 29.3 Å². The SMILES string of the molecule is CCNC(=O)[C@H](Cc1ccccc1)N(Cc1ccc(C)cc1)C(=O)CCc1ccc(CC)cc1. The summed E-state index contributed by atoms with van der Waals surface area (Å²) in [7, 11) is 0. The summed E-state index contributed by atoms with van der Waals surface area (Å²) in [5, 5.41) is 2.95. The first-order valence-corrected chi connectivity index (χ1v) is 12.2. The average Bonchev–Trinajstić information content (AvgIpc) is 2.87. The van der Waals surface area contributed by atoms with Gasteiger partial charge in [-0.25, -0.2) is 0 Å². The van der Waals surface area contributed by atoms with Gasteiger partial charge in [0.05, 0.1) is 0 Å². The monoisotopic (exact) mass is 456 g/mol. The Kier molecular flexibility index (Phi) is 9.45. The van der Waals surface area contributed by atoms with Crippen LogP contribution in [-0.2, 0) is 35.4 Å². The highest BCUT2D eigenvalue weighted by Crippen LogP contribution is 2.17. The normalized spacial score (nSPS) is 11.6. The summed E-state index contributed by atoms with van der Waals surface area (Å²) in [5.74, 6) is -0.119. The Hall–Kier alpha value is -3.40. The average molecular weight is 457 g/mol. The van der Waals surface area contributed by atoms with Crippen LogP contribution in [0.2, 0.25) is 0 Å². The van der Waals surface area contributed by atoms with Crippen molar-refractivity contribution in [3.63, 3.8) is 0 Å². The van der Waals surface area contributed by atoms with Crippen molar-refractivity contribution in [3.05, 3.63) is 107 Å². The van der Waals surface area contributed by atoms with Gasteiger partial charge in [-0.15, -0.1) is 0 Å². The van der Waals surface area contributed by atoms with E-state index in [2.05, 4.69) is 36.5 Å². The molecule has 0 saturated carbocycles. The van der Waals surface area contributed by atoms with Crippen molar-refractivity contribution in [2.24, 2.45) is 0 Å². The summed E-state index contributed by atoms with van der Waals surface area (Å²) < 4.78 is 0. The van der Waals surface area contributed by atoms with Gasteiger partial charge in [0, 0.05) is 25.9 Å². The molecule has 3 aromatic carbocycles. The van der Waals surface area contributed by atoms with Crippen molar-refractivity contribution in [1.82, 2.24) is 10.2 Å². The van der Waals surface area contributed by atoms with Crippen LogP contribution >= 0.6 is 0 Å². The molecule has 0 aliphatic heterocycles. The summed E-state index contributed by atoms with van der Waals surface area (Å²) in [4.78, 5) is 28.5. The van der Waals surface area contributed by atoms with Crippen molar-refractivity contribution in [1.29, 1.82) is 0 Å². The van der Waals surface area contributed by atoms with E-state index in [1.165, 1.54) is 11.1 Å². The van der Waals surface area contributed by atoms with Crippen LogP contribution in [0.15, 0.2) is 78.9 Å². The fraction of sp³-hybridized carbons (Fsp3) is 0.333. The summed E-state index contributed by atoms with van der Waals surface area (Å²) in [6, 6.07) is 26.0. The van der Waals surface area contributed by atoms with E-state index in [0.717, 1.165) is 23.1 Å². The predicted octanol–water partition coefficient (Wildman–Crippen LogP) is 5.27. The lowest BCUT2D eigenvalue weighted by Crippen LogP contribution is -2.50. The number of nitrogens with zero attached hydrogens (tertiary/aromatic N) is 1. The van der Waals surface area contributed by atoms with Crippen molar-refractivity contribution in [2.75, 3.05) is 6.54 Å². The third-order valence-electron chi connectivity index (χ3n) is 6.15. The number of carbonyl (C=O) groups is 2. The number of benzene rings is 3. The molecule has 4 heteroatoms. The second kappa shape index (κ2) is 12.7. The van der Waals surface area contributed by atoms with Gasteiger partial charge in [0.1, 0.15) is 6.04 Å². The topological polar surface area (TPSA) is 49.4 Å². The number of amides is 2. The van der Waals surface area contributed by atoms with Crippen molar-refractivity contribution < 1.29 is 9.59 Å². The molecule has 0 fully saturated rings. The minimum absolute atomic E-state index is 0.00710. The number of nitrogens with one attached hydrogen (secondary N) is 1. The number of carbonyl (C=O) groups excluding carboxylic acids is 2. The highest BCUT2D eigenvalue weighted by molar-refractivity contribution is 5.88. The molecular formula is C30H36N2O2. The molecule has 0 saturated heterocycles. The number of rotatable bonds is 11. The van der Waals surface area contributed by atoms with Crippen molar-refractivity contribution >= 4 is 11.8 Å². The molecule has 1 N–H and O–H groups in total. The largest absolute Gasteiger partial charge is 0.355 e. The van der Waals surface area contributed by atoms with Crippen LogP contribution in [0.25, 0.3) is 0 Å². The molecule has 2 amide bonds. The molecule has 1 atom stereocenters. The zero-order chi connectivity index (χ0) is 24.3. The number of aryl methyl sites for hydroxylation is 3. The maximum absolute atomic E-state index is 13.6. The van der Waals surface area contributed by atoms with Crippen LogP contribution in [0.3, 0.4) is 0 Å². The van der Waals surface area contributed by atoms with E-state index in [1.807, 2.05) is 68.4 Å². The van der Waals surface area contributed by atoms with E-state index in [1.54, 1.807) is 4.90 Å². The minimum atomic E-state index is -0.571. The quantitative estimate of drug-likeness (QED) is 0.428. The van der Waals surface area contributed by atoms with E-state index in [4.69, 9.17) is 0 Å². The zero-order valence-electron chi connectivity index (χ0n) is 20.6. The number of hydrogen-bond donors (Lipinski definition) is 1. The molecule has 0 aliphatic carbocycles. The highest BCUT2D eigenvalue weighted by atomic mass is 16.2. The van der Waals surface area contributed by atoms with Crippen LogP contribution in [0.5, 0.6) is 0 Å². The first-order valence-electron chi connectivity index (χ1n) is 12.2. The van der Waals surface area contributed by atoms with E-state index < -0.39 is 6.04 Å². The molecule has 0 aromatic heterocycles. The number of hydrogen-bond acceptors (Lipinski definition) is 2. The molecule has 3 rings (SSSR count). The van der Waals surface area contributed by atoms with Gasteiger partial charge in [-0.3, -0.25) is 9.59 Å². The van der Waals surface area contributed by atoms with Gasteiger partial charge in [-0.2, -0.15) is 0 Å². The fourth-order valence-corrected chi connectivity index (χ4v) is 4.07. The minimum Gasteiger partial charge on any atom is -0.355 e. The summed E-state index contributed by atoms with van der Waals surface area (Å²) in [5.41, 5.74) is 5.65. The van der Waals surface area contributed by atoms with E-state index in [-0.39, 0.29) is 11.8 Å². The van der Waals surface area contributed by atoms with Crippen LogP contribution < -0.4 is 5.32 Å². The molecule has 34 heavy (non-hydrogen) atoms. The number of likely N-dealkylation sites (N-methyl/N-ethyl adjacent to an activating group) is 1. The maximum Gasteiger partial charge on any atom is 0.243 e. The van der Waals surface area contributed by atoms with Crippen LogP contribution in [0, 0.1) is 6.92 Å². The van der Waals surface area contributed by atoms with Crippen molar-refractivity contribution in [2.45, 2.75) is 59.0 Å². The summed E-state index contributed by atoms with van der Waals surface area (Å²) >= 11 is 0. The Morgan fingerprint density at radius 3 is 2.03 bits per heavy atom. The second-order valence-corrected chi connectivity index (χ2v) is 8.78. The molecule has 0 aliphatic rings. The second-order valence-electron chi connectivity index (χ2n) is 8.78. The van der Waals surface area contributed by atoms with E-state index in [9.17, 15) is 9.59 Å². The Labute approximate surface area is 204 Å². The predicted molar refractivity (Wildman–Crippen MR) is 138 cm³/mol. The van der Waals surface area contributed by atoms with Gasteiger partial charge in [0.25, 0.3) is 0 Å². The Balaban J connectivity index is 1.85. The molecule has 3 aromatic rings. The standard InChI is InChI=1S/C30H36N2O2/c1-4-24-15-17-25(18-16-24)19-20-29(33)32(22-27-13-11-23(3)12-14-27)28(30(34)31-5-2)21-26-9-7-6-8-10-26/h6-18,28H,4-5,19-22H2,1-3H3,(H,31,34)/t28-/m0/s1. The molecule has 0 bridgehead atoms. The van der Waals surface area contributed by atoms with Gasteiger partial charge in [0.2, 0.25) is 11.8 Å². The van der Waals surface area contributed by atoms with Crippen molar-refractivity contribution in [3.8, 4) is 0 Å².